The molecule has 13 heteroatoms. The molecule has 1 aromatic heterocycles. The van der Waals surface area contributed by atoms with Crippen LogP contribution in [-0.2, 0) is 7.05 Å². The lowest BCUT2D eigenvalue weighted by Crippen LogP contribution is -2.18. The molecule has 13 nitrogen and oxygen atoms in total. The highest BCUT2D eigenvalue weighted by molar-refractivity contribution is 6.06. The molecule has 1 aromatic carbocycles. The van der Waals surface area contributed by atoms with Gasteiger partial charge in [0.2, 0.25) is 5.69 Å². The Morgan fingerprint density at radius 3 is 1.96 bits per heavy atom. The molecule has 25 heavy (non-hydrogen) atoms. The first-order valence-corrected chi connectivity index (χ1v) is 6.54. The van der Waals surface area contributed by atoms with Crippen molar-refractivity contribution in [1.82, 2.24) is 9.78 Å². The van der Waals surface area contributed by atoms with Crippen LogP contribution in [0, 0.1) is 37.3 Å². The molecule has 2 rings (SSSR count). The maximum atomic E-state index is 12.3. The van der Waals surface area contributed by atoms with Gasteiger partial charge in [-0.3, -0.25) is 39.8 Å². The Kier molecular flexibility index (Phi) is 4.40. The SMILES string of the molecule is Cc1c([N+](=O)[O-])cc(NC(=O)c2c([N+](=O)[O-])cnn2C)cc1[N+](=O)[O-]. The van der Waals surface area contributed by atoms with Gasteiger partial charge in [0.1, 0.15) is 11.8 Å². The Morgan fingerprint density at radius 1 is 1.04 bits per heavy atom. The molecule has 0 aliphatic rings. The van der Waals surface area contributed by atoms with Gasteiger partial charge in [0.05, 0.1) is 20.5 Å². The van der Waals surface area contributed by atoms with Crippen LogP contribution in [0.2, 0.25) is 0 Å². The number of aromatic nitrogens is 2. The maximum absolute atomic E-state index is 12.3. The van der Waals surface area contributed by atoms with Crippen LogP contribution in [0.15, 0.2) is 18.3 Å². The number of aryl methyl sites for hydroxylation is 1. The van der Waals surface area contributed by atoms with E-state index in [4.69, 9.17) is 0 Å². The van der Waals surface area contributed by atoms with Gasteiger partial charge in [-0.15, -0.1) is 0 Å². The molecule has 0 aliphatic carbocycles. The number of nitro benzene ring substituents is 2. The molecule has 0 bridgehead atoms. The monoisotopic (exact) mass is 350 g/mol. The number of nitrogens with one attached hydrogen (secondary N) is 1. The number of hydrogen-bond donors (Lipinski definition) is 1. The highest BCUT2D eigenvalue weighted by Crippen LogP contribution is 2.32. The average molecular weight is 350 g/mol. The van der Waals surface area contributed by atoms with E-state index >= 15 is 0 Å². The summed E-state index contributed by atoms with van der Waals surface area (Å²) in [5.74, 6) is -0.987. The number of rotatable bonds is 5. The fourth-order valence-electron chi connectivity index (χ4n) is 2.15. The standard InChI is InChI=1S/C12H10N6O7/c1-6-8(16(20)21)3-7(4-9(6)17(22)23)14-12(19)11-10(18(24)25)5-13-15(11)2/h3-5H,1-2H3,(H,14,19). The number of carbonyl (C=O) groups is 1. The summed E-state index contributed by atoms with van der Waals surface area (Å²) in [6, 6.07) is 1.87. The molecular weight excluding hydrogens is 340 g/mol. The molecule has 1 N–H and O–H groups in total. The van der Waals surface area contributed by atoms with Crippen molar-refractivity contribution in [1.29, 1.82) is 0 Å². The molecule has 2 aromatic rings. The van der Waals surface area contributed by atoms with Gasteiger partial charge in [-0.05, 0) is 6.92 Å². The summed E-state index contributed by atoms with van der Waals surface area (Å²) in [4.78, 5) is 42.7. The molecule has 0 radical (unpaired) electrons. The van der Waals surface area contributed by atoms with Crippen molar-refractivity contribution in [3.63, 3.8) is 0 Å². The summed E-state index contributed by atoms with van der Waals surface area (Å²) >= 11 is 0. The minimum Gasteiger partial charge on any atom is -0.320 e. The van der Waals surface area contributed by atoms with Crippen LogP contribution in [0.5, 0.6) is 0 Å². The fourth-order valence-corrected chi connectivity index (χ4v) is 2.15. The van der Waals surface area contributed by atoms with Crippen LogP contribution < -0.4 is 5.32 Å². The van der Waals surface area contributed by atoms with E-state index in [0.717, 1.165) is 23.0 Å². The van der Waals surface area contributed by atoms with E-state index in [-0.39, 0.29) is 11.3 Å². The molecular formula is C12H10N6O7. The van der Waals surface area contributed by atoms with Crippen LogP contribution in [0.25, 0.3) is 0 Å². The second-order valence-electron chi connectivity index (χ2n) is 4.87. The molecule has 0 unspecified atom stereocenters. The van der Waals surface area contributed by atoms with E-state index < -0.39 is 43.4 Å². The quantitative estimate of drug-likeness (QED) is 0.625. The summed E-state index contributed by atoms with van der Waals surface area (Å²) in [5, 5.41) is 38.8. The van der Waals surface area contributed by atoms with Gasteiger partial charge in [0.15, 0.2) is 0 Å². The van der Waals surface area contributed by atoms with Gasteiger partial charge in [-0.1, -0.05) is 0 Å². The summed E-state index contributed by atoms with van der Waals surface area (Å²) in [6.45, 7) is 1.20. The molecule has 0 aliphatic heterocycles. The predicted molar refractivity (Wildman–Crippen MR) is 82.3 cm³/mol. The van der Waals surface area contributed by atoms with Crippen LogP contribution in [0.4, 0.5) is 22.7 Å². The number of benzene rings is 1. The number of carbonyl (C=O) groups excluding carboxylic acids is 1. The zero-order valence-corrected chi connectivity index (χ0v) is 12.8. The average Bonchev–Trinajstić information content (AvgIpc) is 2.90. The van der Waals surface area contributed by atoms with E-state index in [1.54, 1.807) is 0 Å². The summed E-state index contributed by atoms with van der Waals surface area (Å²) in [5.41, 5.74) is -2.54. The Morgan fingerprint density at radius 2 is 1.52 bits per heavy atom. The lowest BCUT2D eigenvalue weighted by atomic mass is 10.1. The molecule has 1 amide bonds. The number of anilines is 1. The van der Waals surface area contributed by atoms with Crippen molar-refractivity contribution >= 4 is 28.7 Å². The van der Waals surface area contributed by atoms with Crippen molar-refractivity contribution in [2.24, 2.45) is 7.05 Å². The van der Waals surface area contributed by atoms with Gasteiger partial charge in [-0.25, -0.2) is 0 Å². The lowest BCUT2D eigenvalue weighted by molar-refractivity contribution is -0.395. The van der Waals surface area contributed by atoms with Crippen molar-refractivity contribution in [3.8, 4) is 0 Å². The summed E-state index contributed by atoms with van der Waals surface area (Å²) in [6.07, 6.45) is 0.870. The third kappa shape index (κ3) is 3.24. The maximum Gasteiger partial charge on any atom is 0.320 e. The number of nitro groups is 3. The third-order valence-corrected chi connectivity index (χ3v) is 3.34. The van der Waals surface area contributed by atoms with E-state index in [1.165, 1.54) is 14.0 Å². The smallest absolute Gasteiger partial charge is 0.320 e. The largest absolute Gasteiger partial charge is 0.320 e. The Labute approximate surface area is 138 Å². The molecule has 1 heterocycles. The first-order chi connectivity index (χ1) is 11.6. The highest BCUT2D eigenvalue weighted by Gasteiger charge is 2.28. The second kappa shape index (κ2) is 6.31. The minimum atomic E-state index is -0.987. The Bertz CT molecular complexity index is 884. The number of hydrogen-bond acceptors (Lipinski definition) is 8. The van der Waals surface area contributed by atoms with Gasteiger partial charge in [0, 0.05) is 19.2 Å². The van der Waals surface area contributed by atoms with Gasteiger partial charge in [0.25, 0.3) is 17.3 Å². The highest BCUT2D eigenvalue weighted by atomic mass is 16.6. The van der Waals surface area contributed by atoms with E-state index in [2.05, 4.69) is 10.4 Å². The first-order valence-electron chi connectivity index (χ1n) is 6.54. The van der Waals surface area contributed by atoms with Crippen molar-refractivity contribution in [2.45, 2.75) is 6.92 Å². The Hall–Kier alpha value is -3.90. The van der Waals surface area contributed by atoms with Crippen molar-refractivity contribution < 1.29 is 19.6 Å². The van der Waals surface area contributed by atoms with Gasteiger partial charge >= 0.3 is 5.69 Å². The van der Waals surface area contributed by atoms with Crippen molar-refractivity contribution in [2.75, 3.05) is 5.32 Å². The van der Waals surface area contributed by atoms with Crippen LogP contribution in [0.1, 0.15) is 16.1 Å². The normalized spacial score (nSPS) is 10.3. The number of nitrogens with zero attached hydrogens (tertiary/aromatic N) is 5. The van der Waals surface area contributed by atoms with Gasteiger partial charge in [-0.2, -0.15) is 5.10 Å². The van der Waals surface area contributed by atoms with Crippen LogP contribution in [0.3, 0.4) is 0 Å². The minimum absolute atomic E-state index is 0.181. The van der Waals surface area contributed by atoms with E-state index in [1.807, 2.05) is 0 Å². The summed E-state index contributed by atoms with van der Waals surface area (Å²) < 4.78 is 0.949. The Balaban J connectivity index is 2.49. The van der Waals surface area contributed by atoms with Crippen LogP contribution >= 0.6 is 0 Å². The molecule has 0 spiro atoms. The first kappa shape index (κ1) is 17.5. The topological polar surface area (TPSA) is 176 Å². The van der Waals surface area contributed by atoms with Gasteiger partial charge < -0.3 is 5.32 Å². The predicted octanol–water partition coefficient (Wildman–Crippen LogP) is 1.71. The summed E-state index contributed by atoms with van der Waals surface area (Å²) in [7, 11) is 1.29. The zero-order chi connectivity index (χ0) is 18.9. The zero-order valence-electron chi connectivity index (χ0n) is 12.8. The molecule has 0 saturated carbocycles. The van der Waals surface area contributed by atoms with Crippen molar-refractivity contribution in [3.05, 3.63) is 59.9 Å². The molecule has 130 valence electrons. The van der Waals surface area contributed by atoms with Crippen LogP contribution in [-0.4, -0.2) is 30.5 Å². The molecule has 0 saturated heterocycles. The molecule has 0 atom stereocenters. The van der Waals surface area contributed by atoms with E-state index in [9.17, 15) is 35.1 Å². The number of amides is 1. The second-order valence-corrected chi connectivity index (χ2v) is 4.87. The molecule has 0 fully saturated rings. The third-order valence-electron chi connectivity index (χ3n) is 3.34. The van der Waals surface area contributed by atoms with E-state index in [0.29, 0.717) is 0 Å². The lowest BCUT2D eigenvalue weighted by Gasteiger charge is -2.07. The fraction of sp³-hybridized carbons (Fsp3) is 0.167.